The number of aliphatic imine (C=N–C) groups is 1. The molecule has 0 amide bonds. The number of rotatable bonds is 8. The summed E-state index contributed by atoms with van der Waals surface area (Å²) < 4.78 is 5.27. The van der Waals surface area contributed by atoms with E-state index in [2.05, 4.69) is 57.4 Å². The van der Waals surface area contributed by atoms with E-state index in [4.69, 9.17) is 4.74 Å². The number of anilines is 1. The van der Waals surface area contributed by atoms with Crippen LogP contribution in [0.4, 0.5) is 5.69 Å². The van der Waals surface area contributed by atoms with E-state index in [1.165, 1.54) is 12.1 Å². The lowest BCUT2D eigenvalue weighted by Gasteiger charge is -2.25. The van der Waals surface area contributed by atoms with Crippen LogP contribution in [0.5, 0.6) is 0 Å². The fraction of sp³-hybridized carbons (Fsp3) is 0.632. The van der Waals surface area contributed by atoms with Crippen molar-refractivity contribution in [3.63, 3.8) is 0 Å². The Kier molecular flexibility index (Phi) is 10.9. The molecule has 25 heavy (non-hydrogen) atoms. The SMILES string of the molecule is CCN(CCCNC(=NC)N1CCC(COC)C1)c1ccccc1.I. The minimum absolute atomic E-state index is 0. The topological polar surface area (TPSA) is 40.1 Å². The van der Waals surface area contributed by atoms with E-state index in [-0.39, 0.29) is 24.0 Å². The van der Waals surface area contributed by atoms with Gasteiger partial charge in [-0.15, -0.1) is 24.0 Å². The largest absolute Gasteiger partial charge is 0.384 e. The Hall–Kier alpha value is -1.02. The molecule has 0 aliphatic carbocycles. The van der Waals surface area contributed by atoms with Gasteiger partial charge < -0.3 is 19.9 Å². The summed E-state index contributed by atoms with van der Waals surface area (Å²) in [6.07, 6.45) is 2.28. The number of nitrogens with one attached hydrogen (secondary N) is 1. The first-order valence-electron chi connectivity index (χ1n) is 9.03. The molecule has 1 saturated heterocycles. The van der Waals surface area contributed by atoms with Crippen LogP contribution in [-0.4, -0.2) is 64.3 Å². The number of likely N-dealkylation sites (tertiary alicyclic amines) is 1. The highest BCUT2D eigenvalue weighted by Crippen LogP contribution is 2.16. The average Bonchev–Trinajstić information content (AvgIpc) is 3.08. The van der Waals surface area contributed by atoms with Crippen LogP contribution in [0.25, 0.3) is 0 Å². The van der Waals surface area contributed by atoms with E-state index in [1.54, 1.807) is 7.11 Å². The molecular weight excluding hydrogens is 427 g/mol. The predicted octanol–water partition coefficient (Wildman–Crippen LogP) is 3.06. The number of guanidine groups is 1. The first-order valence-corrected chi connectivity index (χ1v) is 9.03. The van der Waals surface area contributed by atoms with Crippen molar-refractivity contribution in [3.8, 4) is 0 Å². The van der Waals surface area contributed by atoms with E-state index in [0.29, 0.717) is 5.92 Å². The van der Waals surface area contributed by atoms with Gasteiger partial charge in [0.15, 0.2) is 5.96 Å². The molecule has 0 radical (unpaired) electrons. The van der Waals surface area contributed by atoms with Crippen molar-refractivity contribution in [1.82, 2.24) is 10.2 Å². The smallest absolute Gasteiger partial charge is 0.193 e. The van der Waals surface area contributed by atoms with Gasteiger partial charge in [-0.1, -0.05) is 18.2 Å². The summed E-state index contributed by atoms with van der Waals surface area (Å²) in [5.41, 5.74) is 1.30. The first-order chi connectivity index (χ1) is 11.8. The third-order valence-electron chi connectivity index (χ3n) is 4.59. The van der Waals surface area contributed by atoms with Crippen molar-refractivity contribution < 1.29 is 4.74 Å². The summed E-state index contributed by atoms with van der Waals surface area (Å²) in [5.74, 6) is 1.65. The highest BCUT2D eigenvalue weighted by molar-refractivity contribution is 14.0. The van der Waals surface area contributed by atoms with Crippen molar-refractivity contribution in [2.24, 2.45) is 10.9 Å². The van der Waals surface area contributed by atoms with Crippen LogP contribution >= 0.6 is 24.0 Å². The number of methoxy groups -OCH3 is 1. The molecular formula is C19H33IN4O. The molecule has 142 valence electrons. The molecule has 1 N–H and O–H groups in total. The fourth-order valence-corrected chi connectivity index (χ4v) is 3.31. The van der Waals surface area contributed by atoms with Crippen LogP contribution < -0.4 is 10.2 Å². The molecule has 0 spiro atoms. The zero-order valence-corrected chi connectivity index (χ0v) is 18.1. The lowest BCUT2D eigenvalue weighted by atomic mass is 10.1. The molecule has 0 aromatic heterocycles. The van der Waals surface area contributed by atoms with Crippen LogP contribution in [0.2, 0.25) is 0 Å². The van der Waals surface area contributed by atoms with Crippen LogP contribution in [0.15, 0.2) is 35.3 Å². The summed E-state index contributed by atoms with van der Waals surface area (Å²) in [6, 6.07) is 10.6. The number of hydrogen-bond donors (Lipinski definition) is 1. The molecule has 1 unspecified atom stereocenters. The summed E-state index contributed by atoms with van der Waals surface area (Å²) in [6.45, 7) is 8.19. The number of ether oxygens (including phenoxy) is 1. The Balaban J connectivity index is 0.00000312. The van der Waals surface area contributed by atoms with Crippen molar-refractivity contribution in [3.05, 3.63) is 30.3 Å². The second-order valence-electron chi connectivity index (χ2n) is 6.30. The maximum Gasteiger partial charge on any atom is 0.193 e. The fourth-order valence-electron chi connectivity index (χ4n) is 3.31. The average molecular weight is 460 g/mol. The van der Waals surface area contributed by atoms with Gasteiger partial charge in [0, 0.05) is 58.5 Å². The summed E-state index contributed by atoms with van der Waals surface area (Å²) >= 11 is 0. The van der Waals surface area contributed by atoms with E-state index in [0.717, 1.165) is 51.7 Å². The lowest BCUT2D eigenvalue weighted by Crippen LogP contribution is -2.41. The van der Waals surface area contributed by atoms with Gasteiger partial charge in [0.1, 0.15) is 0 Å². The standard InChI is InChI=1S/C19H32N4O.HI/c1-4-22(18-9-6-5-7-10-18)13-8-12-21-19(20-2)23-14-11-17(15-23)16-24-3;/h5-7,9-10,17H,4,8,11-16H2,1-3H3,(H,20,21);1H. The van der Waals surface area contributed by atoms with Gasteiger partial charge in [-0.2, -0.15) is 0 Å². The van der Waals surface area contributed by atoms with E-state index >= 15 is 0 Å². The van der Waals surface area contributed by atoms with Crippen LogP contribution in [0.1, 0.15) is 19.8 Å². The second kappa shape index (κ2) is 12.4. The number of halogens is 1. The molecule has 5 nitrogen and oxygen atoms in total. The quantitative estimate of drug-likeness (QED) is 0.280. The Labute approximate surface area is 169 Å². The van der Waals surface area contributed by atoms with Crippen LogP contribution in [0.3, 0.4) is 0 Å². The normalized spacial score (nSPS) is 17.3. The molecule has 1 aliphatic rings. The zero-order valence-electron chi connectivity index (χ0n) is 15.8. The Morgan fingerprint density at radius 2 is 2.12 bits per heavy atom. The number of para-hydroxylation sites is 1. The molecule has 1 fully saturated rings. The van der Waals surface area contributed by atoms with Gasteiger partial charge >= 0.3 is 0 Å². The molecule has 1 heterocycles. The highest BCUT2D eigenvalue weighted by atomic mass is 127. The van der Waals surface area contributed by atoms with E-state index in [1.807, 2.05) is 7.05 Å². The van der Waals surface area contributed by atoms with Gasteiger partial charge in [0.05, 0.1) is 6.61 Å². The van der Waals surface area contributed by atoms with Crippen molar-refractivity contribution in [2.75, 3.05) is 58.4 Å². The summed E-state index contributed by atoms with van der Waals surface area (Å²) in [4.78, 5) is 9.19. The zero-order chi connectivity index (χ0) is 17.2. The van der Waals surface area contributed by atoms with Crippen molar-refractivity contribution in [1.29, 1.82) is 0 Å². The van der Waals surface area contributed by atoms with Gasteiger partial charge in [-0.25, -0.2) is 0 Å². The maximum atomic E-state index is 5.27. The maximum absolute atomic E-state index is 5.27. The van der Waals surface area contributed by atoms with Crippen LogP contribution in [0, 0.1) is 5.92 Å². The van der Waals surface area contributed by atoms with Gasteiger partial charge in [-0.3, -0.25) is 4.99 Å². The van der Waals surface area contributed by atoms with Crippen LogP contribution in [-0.2, 0) is 4.74 Å². The number of nitrogens with zero attached hydrogens (tertiary/aromatic N) is 3. The molecule has 1 aliphatic heterocycles. The second-order valence-corrected chi connectivity index (χ2v) is 6.30. The number of benzene rings is 1. The summed E-state index contributed by atoms with van der Waals surface area (Å²) in [5, 5.41) is 3.51. The molecule has 1 aromatic carbocycles. The molecule has 1 aromatic rings. The predicted molar refractivity (Wildman–Crippen MR) is 117 cm³/mol. The molecule has 0 bridgehead atoms. The lowest BCUT2D eigenvalue weighted by molar-refractivity contribution is 0.157. The third kappa shape index (κ3) is 7.01. The molecule has 2 rings (SSSR count). The molecule has 1 atom stereocenters. The van der Waals surface area contributed by atoms with E-state index in [9.17, 15) is 0 Å². The molecule has 0 saturated carbocycles. The highest BCUT2D eigenvalue weighted by Gasteiger charge is 2.24. The van der Waals surface area contributed by atoms with E-state index < -0.39 is 0 Å². The first kappa shape index (κ1) is 22.0. The Morgan fingerprint density at radius 3 is 2.76 bits per heavy atom. The third-order valence-corrected chi connectivity index (χ3v) is 4.59. The Bertz CT molecular complexity index is 497. The monoisotopic (exact) mass is 460 g/mol. The minimum Gasteiger partial charge on any atom is -0.384 e. The van der Waals surface area contributed by atoms with Gasteiger partial charge in [-0.05, 0) is 31.9 Å². The molecule has 6 heteroatoms. The number of hydrogen-bond acceptors (Lipinski definition) is 3. The van der Waals surface area contributed by atoms with Crippen molar-refractivity contribution >= 4 is 35.6 Å². The minimum atomic E-state index is 0. The summed E-state index contributed by atoms with van der Waals surface area (Å²) in [7, 11) is 3.65. The van der Waals surface area contributed by atoms with Gasteiger partial charge in [0.2, 0.25) is 0 Å². The Morgan fingerprint density at radius 1 is 1.36 bits per heavy atom. The van der Waals surface area contributed by atoms with Gasteiger partial charge in [0.25, 0.3) is 0 Å². The van der Waals surface area contributed by atoms with Crippen molar-refractivity contribution in [2.45, 2.75) is 19.8 Å².